The van der Waals surface area contributed by atoms with Gasteiger partial charge in [0.25, 0.3) is 5.91 Å². The molecule has 0 bridgehead atoms. The maximum atomic E-state index is 12.4. The van der Waals surface area contributed by atoms with E-state index < -0.39 is 9.84 Å². The molecule has 1 aliphatic heterocycles. The highest BCUT2D eigenvalue weighted by molar-refractivity contribution is 7.91. The number of hydrogen-bond acceptors (Lipinski definition) is 5. The van der Waals surface area contributed by atoms with Gasteiger partial charge in [-0.1, -0.05) is 0 Å². The number of benzene rings is 1. The van der Waals surface area contributed by atoms with Crippen molar-refractivity contribution in [2.24, 2.45) is 0 Å². The van der Waals surface area contributed by atoms with Crippen LogP contribution in [0.4, 0.5) is 0 Å². The molecule has 0 radical (unpaired) electrons. The lowest BCUT2D eigenvalue weighted by Gasteiger charge is -2.13. The van der Waals surface area contributed by atoms with Gasteiger partial charge in [-0.25, -0.2) is 8.42 Å². The van der Waals surface area contributed by atoms with Crippen molar-refractivity contribution in [3.63, 3.8) is 0 Å². The van der Waals surface area contributed by atoms with Crippen LogP contribution in [0.15, 0.2) is 30.3 Å². The van der Waals surface area contributed by atoms with Crippen LogP contribution >= 0.6 is 0 Å². The summed E-state index contributed by atoms with van der Waals surface area (Å²) in [4.78, 5) is 12.4. The predicted molar refractivity (Wildman–Crippen MR) is 97.0 cm³/mol. The molecule has 2 aromatic rings. The number of carbonyl (C=O) groups excluding carboxylic acids is 1. The molecule has 2 aliphatic rings. The largest absolute Gasteiger partial charge is 0.497 e. The van der Waals surface area contributed by atoms with Gasteiger partial charge in [0.2, 0.25) is 0 Å². The van der Waals surface area contributed by atoms with E-state index in [-0.39, 0.29) is 29.5 Å². The highest BCUT2D eigenvalue weighted by atomic mass is 32.2. The zero-order chi connectivity index (χ0) is 18.3. The van der Waals surface area contributed by atoms with E-state index in [1.54, 1.807) is 17.9 Å². The molecular weight excluding hydrogens is 354 g/mol. The number of ether oxygens (including phenoxy) is 1. The van der Waals surface area contributed by atoms with Crippen LogP contribution in [0, 0.1) is 0 Å². The Kier molecular flexibility index (Phi) is 4.22. The fraction of sp³-hybridized carbons (Fsp3) is 0.444. The van der Waals surface area contributed by atoms with Crippen LogP contribution in [0.5, 0.6) is 5.75 Å². The lowest BCUT2D eigenvalue weighted by molar-refractivity contribution is 0.0945. The van der Waals surface area contributed by atoms with Crippen LogP contribution < -0.4 is 10.1 Å². The lowest BCUT2D eigenvalue weighted by atomic mass is 10.1. The monoisotopic (exact) mass is 375 g/mol. The molecule has 1 N–H and O–H groups in total. The van der Waals surface area contributed by atoms with Crippen molar-refractivity contribution in [1.29, 1.82) is 0 Å². The van der Waals surface area contributed by atoms with E-state index in [2.05, 4.69) is 10.4 Å². The van der Waals surface area contributed by atoms with Gasteiger partial charge in [-0.3, -0.25) is 9.48 Å². The number of methoxy groups -OCH3 is 1. The highest BCUT2D eigenvalue weighted by Crippen LogP contribution is 2.31. The minimum absolute atomic E-state index is 0.0571. The first-order chi connectivity index (χ1) is 12.4. The van der Waals surface area contributed by atoms with Crippen molar-refractivity contribution >= 4 is 15.7 Å². The smallest absolute Gasteiger partial charge is 0.272 e. The molecule has 138 valence electrons. The summed E-state index contributed by atoms with van der Waals surface area (Å²) in [5.41, 5.74) is 1.94. The average molecular weight is 375 g/mol. The molecule has 1 atom stereocenters. The van der Waals surface area contributed by atoms with Gasteiger partial charge < -0.3 is 10.1 Å². The van der Waals surface area contributed by atoms with Gasteiger partial charge in [-0.15, -0.1) is 0 Å². The number of amides is 1. The number of aromatic nitrogens is 2. The van der Waals surface area contributed by atoms with E-state index in [0.29, 0.717) is 12.1 Å². The van der Waals surface area contributed by atoms with E-state index in [1.165, 1.54) is 0 Å². The van der Waals surface area contributed by atoms with Crippen LogP contribution in [0.3, 0.4) is 0 Å². The van der Waals surface area contributed by atoms with Crippen LogP contribution in [-0.4, -0.2) is 48.8 Å². The topological polar surface area (TPSA) is 90.3 Å². The normalized spacial score (nSPS) is 21.5. The van der Waals surface area contributed by atoms with Crippen molar-refractivity contribution in [2.45, 2.75) is 31.3 Å². The Morgan fingerprint density at radius 1 is 1.23 bits per heavy atom. The number of sulfone groups is 1. The molecule has 2 fully saturated rings. The molecule has 1 amide bonds. The summed E-state index contributed by atoms with van der Waals surface area (Å²) in [5.74, 6) is 0.738. The third kappa shape index (κ3) is 3.46. The number of rotatable bonds is 5. The maximum Gasteiger partial charge on any atom is 0.272 e. The van der Waals surface area contributed by atoms with Crippen molar-refractivity contribution < 1.29 is 17.9 Å². The van der Waals surface area contributed by atoms with Gasteiger partial charge in [0.05, 0.1) is 30.4 Å². The molecule has 1 saturated carbocycles. The SMILES string of the molecule is COc1ccc(-c2cc(C(=O)NC3CC3)nn2[C@H]2CCS(=O)(=O)C2)cc1. The first-order valence-electron chi connectivity index (χ1n) is 8.70. The Morgan fingerprint density at radius 2 is 1.96 bits per heavy atom. The van der Waals surface area contributed by atoms with E-state index in [4.69, 9.17) is 4.74 Å². The van der Waals surface area contributed by atoms with Gasteiger partial charge in [0, 0.05) is 11.6 Å². The van der Waals surface area contributed by atoms with Crippen molar-refractivity contribution in [2.75, 3.05) is 18.6 Å². The second-order valence-corrected chi connectivity index (χ2v) is 9.12. The predicted octanol–water partition coefficient (Wildman–Crippen LogP) is 1.81. The summed E-state index contributed by atoms with van der Waals surface area (Å²) in [6.45, 7) is 0. The second-order valence-electron chi connectivity index (χ2n) is 6.89. The standard InChI is InChI=1S/C18H21N3O4S/c1-25-15-6-2-12(3-7-15)17-10-16(18(22)19-13-4-5-13)20-21(17)14-8-9-26(23,24)11-14/h2-3,6-7,10,13-14H,4-5,8-9,11H2,1H3,(H,19,22)/t14-/m0/s1. The Bertz CT molecular complexity index is 930. The summed E-state index contributed by atoms with van der Waals surface area (Å²) in [6, 6.07) is 9.18. The first kappa shape index (κ1) is 17.1. The van der Waals surface area contributed by atoms with Gasteiger partial charge >= 0.3 is 0 Å². The fourth-order valence-electron chi connectivity index (χ4n) is 3.22. The number of nitrogens with one attached hydrogen (secondary N) is 1. The second kappa shape index (κ2) is 6.42. The molecule has 1 aliphatic carbocycles. The zero-order valence-corrected chi connectivity index (χ0v) is 15.3. The fourth-order valence-corrected chi connectivity index (χ4v) is 4.91. The summed E-state index contributed by atoms with van der Waals surface area (Å²) in [6.07, 6.45) is 2.51. The summed E-state index contributed by atoms with van der Waals surface area (Å²) >= 11 is 0. The van der Waals surface area contributed by atoms with E-state index in [9.17, 15) is 13.2 Å². The zero-order valence-electron chi connectivity index (χ0n) is 14.5. The Hall–Kier alpha value is -2.35. The maximum absolute atomic E-state index is 12.4. The van der Waals surface area contributed by atoms with Crippen LogP contribution in [0.1, 0.15) is 35.8 Å². The Balaban J connectivity index is 1.71. The molecule has 7 nitrogen and oxygen atoms in total. The van der Waals surface area contributed by atoms with Crippen LogP contribution in [0.25, 0.3) is 11.3 Å². The molecule has 1 saturated heterocycles. The van der Waals surface area contributed by atoms with Crippen LogP contribution in [0.2, 0.25) is 0 Å². The van der Waals surface area contributed by atoms with E-state index >= 15 is 0 Å². The molecule has 4 rings (SSSR count). The summed E-state index contributed by atoms with van der Waals surface area (Å²) in [5, 5.41) is 7.40. The number of nitrogens with zero attached hydrogens (tertiary/aromatic N) is 2. The Labute approximate surface area is 152 Å². The van der Waals surface area contributed by atoms with Gasteiger partial charge in [0.15, 0.2) is 15.5 Å². The van der Waals surface area contributed by atoms with Crippen molar-refractivity contribution in [1.82, 2.24) is 15.1 Å². The highest BCUT2D eigenvalue weighted by Gasteiger charge is 2.33. The van der Waals surface area contributed by atoms with Gasteiger partial charge in [0.1, 0.15) is 5.75 Å². The van der Waals surface area contributed by atoms with Crippen molar-refractivity contribution in [3.8, 4) is 17.0 Å². The van der Waals surface area contributed by atoms with Crippen LogP contribution in [-0.2, 0) is 9.84 Å². The lowest BCUT2D eigenvalue weighted by Crippen LogP contribution is -2.26. The van der Waals surface area contributed by atoms with E-state index in [0.717, 1.165) is 29.8 Å². The molecule has 1 aromatic carbocycles. The Morgan fingerprint density at radius 3 is 2.54 bits per heavy atom. The van der Waals surface area contributed by atoms with Gasteiger partial charge in [-0.05, 0) is 49.6 Å². The average Bonchev–Trinajstić information content (AvgIpc) is 3.20. The minimum atomic E-state index is -3.05. The summed E-state index contributed by atoms with van der Waals surface area (Å²) < 4.78 is 30.7. The third-order valence-corrected chi connectivity index (χ3v) is 6.57. The van der Waals surface area contributed by atoms with E-state index in [1.807, 2.05) is 24.3 Å². The quantitative estimate of drug-likeness (QED) is 0.861. The molecule has 26 heavy (non-hydrogen) atoms. The molecule has 8 heteroatoms. The molecule has 0 spiro atoms. The molecular formula is C18H21N3O4S. The van der Waals surface area contributed by atoms with Crippen molar-refractivity contribution in [3.05, 3.63) is 36.0 Å². The number of carbonyl (C=O) groups is 1. The number of hydrogen-bond donors (Lipinski definition) is 1. The molecule has 0 unspecified atom stereocenters. The summed E-state index contributed by atoms with van der Waals surface area (Å²) in [7, 11) is -1.45. The first-order valence-corrected chi connectivity index (χ1v) is 10.5. The minimum Gasteiger partial charge on any atom is -0.497 e. The van der Waals surface area contributed by atoms with Gasteiger partial charge in [-0.2, -0.15) is 5.10 Å². The molecule has 1 aromatic heterocycles. The third-order valence-electron chi connectivity index (χ3n) is 4.82. The molecule has 2 heterocycles.